The quantitative estimate of drug-likeness (QED) is 0.464. The summed E-state index contributed by atoms with van der Waals surface area (Å²) in [6.45, 7) is 7.30. The fraction of sp³-hybridized carbons (Fsp3) is 0.259. The minimum atomic E-state index is -0.126. The molecule has 0 unspecified atom stereocenters. The normalized spacial score (nSPS) is 15.0. The Bertz CT molecular complexity index is 1320. The van der Waals surface area contributed by atoms with E-state index in [1.165, 1.54) is 5.56 Å². The summed E-state index contributed by atoms with van der Waals surface area (Å²) in [5.41, 5.74) is 12.2. The molecule has 7 nitrogen and oxygen atoms in total. The number of hydrogen-bond acceptors (Lipinski definition) is 6. The third kappa shape index (κ3) is 4.66. The first kappa shape index (κ1) is 22.1. The Morgan fingerprint density at radius 2 is 1.79 bits per heavy atom. The van der Waals surface area contributed by atoms with Gasteiger partial charge >= 0.3 is 0 Å². The molecule has 3 aromatic carbocycles. The van der Waals surface area contributed by atoms with Crippen LogP contribution in [-0.2, 0) is 6.54 Å². The molecule has 1 aliphatic heterocycles. The highest BCUT2D eigenvalue weighted by atomic mass is 16.5. The number of nitrogen functional groups attached to an aromatic ring is 1. The molecule has 0 saturated carbocycles. The van der Waals surface area contributed by atoms with Crippen LogP contribution in [0.1, 0.15) is 21.5 Å². The average Bonchev–Trinajstić information content (AvgIpc) is 3.22. The summed E-state index contributed by atoms with van der Waals surface area (Å²) in [5, 5.41) is 7.65. The maximum absolute atomic E-state index is 12.9. The Hall–Kier alpha value is -3.68. The van der Waals surface area contributed by atoms with Crippen molar-refractivity contribution in [3.63, 3.8) is 0 Å². The summed E-state index contributed by atoms with van der Waals surface area (Å²) < 4.78 is 5.32. The first-order valence-electron chi connectivity index (χ1n) is 11.5. The minimum absolute atomic E-state index is 0.126. The van der Waals surface area contributed by atoms with Gasteiger partial charge in [0, 0.05) is 44.0 Å². The lowest BCUT2D eigenvalue weighted by molar-refractivity contribution is 0.102. The van der Waals surface area contributed by atoms with Gasteiger partial charge in [-0.1, -0.05) is 29.4 Å². The van der Waals surface area contributed by atoms with Gasteiger partial charge in [-0.05, 0) is 72.6 Å². The topological polar surface area (TPSA) is 87.6 Å². The number of benzene rings is 3. The highest BCUT2D eigenvalue weighted by Crippen LogP contribution is 2.31. The highest BCUT2D eigenvalue weighted by molar-refractivity contribution is 6.04. The number of nitrogens with two attached hydrogens (primary N) is 1. The lowest BCUT2D eigenvalue weighted by atomic mass is 9.99. The largest absolute Gasteiger partial charge is 0.380 e. The Labute approximate surface area is 199 Å². The van der Waals surface area contributed by atoms with Gasteiger partial charge in [0.1, 0.15) is 0 Å². The van der Waals surface area contributed by atoms with Gasteiger partial charge in [0.25, 0.3) is 5.91 Å². The lowest BCUT2D eigenvalue weighted by Crippen LogP contribution is -2.43. The fourth-order valence-electron chi connectivity index (χ4n) is 4.36. The average molecular weight is 456 g/mol. The minimum Gasteiger partial charge on any atom is -0.380 e. The molecule has 34 heavy (non-hydrogen) atoms. The molecule has 0 atom stereocenters. The van der Waals surface area contributed by atoms with E-state index in [-0.39, 0.29) is 5.91 Å². The van der Waals surface area contributed by atoms with Crippen LogP contribution < -0.4 is 11.1 Å². The van der Waals surface area contributed by atoms with Crippen LogP contribution >= 0.6 is 0 Å². The van der Waals surface area contributed by atoms with E-state index in [9.17, 15) is 4.79 Å². The molecule has 1 aromatic heterocycles. The van der Waals surface area contributed by atoms with Gasteiger partial charge in [-0.3, -0.25) is 9.69 Å². The van der Waals surface area contributed by atoms with Crippen molar-refractivity contribution in [3.8, 4) is 11.1 Å². The highest BCUT2D eigenvalue weighted by Gasteiger charge is 2.15. The molecule has 4 aromatic rings. The maximum atomic E-state index is 12.9. The SMILES string of the molecule is Cc1ccc(NC(=O)c2ccc(CN3CCN(C)CC3)cc2)cc1-c1ccc2c(N)noc2c1. The van der Waals surface area contributed by atoms with Crippen LogP contribution in [0, 0.1) is 6.92 Å². The molecule has 1 fully saturated rings. The molecule has 1 amide bonds. The fourth-order valence-corrected chi connectivity index (χ4v) is 4.36. The van der Waals surface area contributed by atoms with E-state index in [0.29, 0.717) is 17.0 Å². The van der Waals surface area contributed by atoms with E-state index in [2.05, 4.69) is 27.3 Å². The molecule has 2 heterocycles. The molecule has 174 valence electrons. The Morgan fingerprint density at radius 1 is 1.03 bits per heavy atom. The molecule has 0 bridgehead atoms. The molecule has 1 saturated heterocycles. The summed E-state index contributed by atoms with van der Waals surface area (Å²) in [5.74, 6) is 0.258. The van der Waals surface area contributed by atoms with E-state index in [1.54, 1.807) is 0 Å². The number of rotatable bonds is 5. The van der Waals surface area contributed by atoms with Gasteiger partial charge in [0.15, 0.2) is 11.4 Å². The van der Waals surface area contributed by atoms with Gasteiger partial charge < -0.3 is 20.5 Å². The van der Waals surface area contributed by atoms with Crippen LogP contribution in [-0.4, -0.2) is 54.1 Å². The summed E-state index contributed by atoms with van der Waals surface area (Å²) in [6.07, 6.45) is 0. The second kappa shape index (κ2) is 9.29. The van der Waals surface area contributed by atoms with Crippen molar-refractivity contribution in [2.75, 3.05) is 44.3 Å². The number of hydrogen-bond donors (Lipinski definition) is 2. The van der Waals surface area contributed by atoms with Crippen LogP contribution in [0.4, 0.5) is 11.5 Å². The van der Waals surface area contributed by atoms with E-state index < -0.39 is 0 Å². The molecule has 1 aliphatic rings. The van der Waals surface area contributed by atoms with Crippen molar-refractivity contribution in [2.45, 2.75) is 13.5 Å². The number of aryl methyl sites for hydroxylation is 1. The van der Waals surface area contributed by atoms with Crippen LogP contribution in [0.3, 0.4) is 0 Å². The third-order valence-electron chi connectivity index (χ3n) is 6.52. The van der Waals surface area contributed by atoms with Gasteiger partial charge in [0.05, 0.1) is 5.39 Å². The Balaban J connectivity index is 1.29. The third-order valence-corrected chi connectivity index (χ3v) is 6.52. The monoisotopic (exact) mass is 455 g/mol. The molecular weight excluding hydrogens is 426 g/mol. The number of likely N-dealkylation sites (N-methyl/N-ethyl adjacent to an activating group) is 1. The number of aromatic nitrogens is 1. The number of carbonyl (C=O) groups is 1. The number of anilines is 2. The number of amides is 1. The standard InChI is InChI=1S/C27H29N5O2/c1-18-3-9-22(16-24(18)21-8-10-23-25(15-21)34-30-26(23)28)29-27(33)20-6-4-19(5-7-20)17-32-13-11-31(2)12-14-32/h3-10,15-16H,11-14,17H2,1-2H3,(H2,28,30)(H,29,33). The van der Waals surface area contributed by atoms with E-state index in [1.807, 2.05) is 67.6 Å². The first-order chi connectivity index (χ1) is 16.5. The summed E-state index contributed by atoms with van der Waals surface area (Å²) in [6, 6.07) is 19.6. The molecule has 3 N–H and O–H groups in total. The number of fused-ring (bicyclic) bond motifs is 1. The lowest BCUT2D eigenvalue weighted by Gasteiger charge is -2.32. The summed E-state index contributed by atoms with van der Waals surface area (Å²) >= 11 is 0. The van der Waals surface area contributed by atoms with Crippen molar-refractivity contribution < 1.29 is 9.32 Å². The van der Waals surface area contributed by atoms with Crippen molar-refractivity contribution in [1.29, 1.82) is 0 Å². The molecule has 0 radical (unpaired) electrons. The second-order valence-electron chi connectivity index (χ2n) is 9.04. The predicted molar refractivity (Wildman–Crippen MR) is 136 cm³/mol. The van der Waals surface area contributed by atoms with Gasteiger partial charge in [0.2, 0.25) is 0 Å². The van der Waals surface area contributed by atoms with Gasteiger partial charge in [-0.15, -0.1) is 0 Å². The van der Waals surface area contributed by atoms with E-state index in [0.717, 1.165) is 60.5 Å². The zero-order valence-electron chi connectivity index (χ0n) is 19.5. The smallest absolute Gasteiger partial charge is 0.255 e. The number of nitrogens with zero attached hydrogens (tertiary/aromatic N) is 3. The number of carbonyl (C=O) groups excluding carboxylic acids is 1. The van der Waals surface area contributed by atoms with Crippen molar-refractivity contribution in [2.24, 2.45) is 0 Å². The predicted octanol–water partition coefficient (Wildman–Crippen LogP) is 4.39. The molecular formula is C27H29N5O2. The molecule has 5 rings (SSSR count). The van der Waals surface area contributed by atoms with Crippen LogP contribution in [0.2, 0.25) is 0 Å². The van der Waals surface area contributed by atoms with E-state index >= 15 is 0 Å². The summed E-state index contributed by atoms with van der Waals surface area (Å²) in [7, 11) is 2.16. The van der Waals surface area contributed by atoms with Crippen LogP contribution in [0.25, 0.3) is 22.1 Å². The Kier molecular flexibility index (Phi) is 6.04. The Morgan fingerprint density at radius 3 is 2.56 bits per heavy atom. The number of nitrogens with one attached hydrogen (secondary N) is 1. The van der Waals surface area contributed by atoms with E-state index in [4.69, 9.17) is 10.3 Å². The number of piperazine rings is 1. The van der Waals surface area contributed by atoms with Crippen molar-refractivity contribution >= 4 is 28.4 Å². The zero-order valence-corrected chi connectivity index (χ0v) is 19.5. The van der Waals surface area contributed by atoms with Crippen molar-refractivity contribution in [1.82, 2.24) is 15.0 Å². The summed E-state index contributed by atoms with van der Waals surface area (Å²) in [4.78, 5) is 17.7. The van der Waals surface area contributed by atoms with Gasteiger partial charge in [-0.25, -0.2) is 0 Å². The van der Waals surface area contributed by atoms with Crippen molar-refractivity contribution in [3.05, 3.63) is 77.4 Å². The first-order valence-corrected chi connectivity index (χ1v) is 11.5. The second-order valence-corrected chi connectivity index (χ2v) is 9.04. The maximum Gasteiger partial charge on any atom is 0.255 e. The molecule has 0 aliphatic carbocycles. The molecule has 0 spiro atoms. The van der Waals surface area contributed by atoms with Crippen LogP contribution in [0.5, 0.6) is 0 Å². The van der Waals surface area contributed by atoms with Gasteiger partial charge in [-0.2, -0.15) is 0 Å². The zero-order chi connectivity index (χ0) is 23.7. The van der Waals surface area contributed by atoms with Crippen LogP contribution in [0.15, 0.2) is 65.2 Å². The molecule has 7 heteroatoms.